The fourth-order valence-electron chi connectivity index (χ4n) is 1.92. The summed E-state index contributed by atoms with van der Waals surface area (Å²) in [5, 5.41) is 20.2. The number of imide groups is 1. The second kappa shape index (κ2) is 6.06. The van der Waals surface area contributed by atoms with Crippen LogP contribution in [0.3, 0.4) is 0 Å². The highest BCUT2D eigenvalue weighted by Crippen LogP contribution is 2.39. The number of phenols is 1. The molecule has 22 heavy (non-hydrogen) atoms. The molecule has 1 aliphatic rings. The Hall–Kier alpha value is -2.55. The van der Waals surface area contributed by atoms with Crippen LogP contribution < -0.4 is 4.74 Å². The minimum atomic E-state index is -0.757. The van der Waals surface area contributed by atoms with Crippen LogP contribution in [0.1, 0.15) is 12.5 Å². The highest BCUT2D eigenvalue weighted by molar-refractivity contribution is 8.18. The van der Waals surface area contributed by atoms with Crippen LogP contribution in [0.2, 0.25) is 0 Å². The number of methoxy groups -OCH3 is 1. The summed E-state index contributed by atoms with van der Waals surface area (Å²) in [6.45, 7) is 1.93. The van der Waals surface area contributed by atoms with Gasteiger partial charge in [0, 0.05) is 12.6 Å². The number of benzene rings is 1. The van der Waals surface area contributed by atoms with Crippen molar-refractivity contribution in [1.29, 1.82) is 0 Å². The Morgan fingerprint density at radius 3 is 2.64 bits per heavy atom. The summed E-state index contributed by atoms with van der Waals surface area (Å²) >= 11 is 0.758. The molecule has 1 heterocycles. The van der Waals surface area contributed by atoms with Gasteiger partial charge < -0.3 is 9.84 Å². The first-order valence-electron chi connectivity index (χ1n) is 6.19. The first-order valence-corrected chi connectivity index (χ1v) is 7.01. The lowest BCUT2D eigenvalue weighted by molar-refractivity contribution is -0.386. The molecule has 0 aromatic heterocycles. The number of nitrogens with zero attached hydrogens (tertiary/aromatic N) is 2. The highest BCUT2D eigenvalue weighted by atomic mass is 32.2. The van der Waals surface area contributed by atoms with Crippen LogP contribution >= 0.6 is 11.8 Å². The SMILES string of the molecule is CCN1C(=O)S/C(=C/c2cc(OC)c(O)c([N+](=O)[O-])c2)C1=O. The number of hydrogen-bond donors (Lipinski definition) is 1. The van der Waals surface area contributed by atoms with E-state index < -0.39 is 22.3 Å². The van der Waals surface area contributed by atoms with E-state index in [4.69, 9.17) is 4.74 Å². The lowest BCUT2D eigenvalue weighted by atomic mass is 10.1. The van der Waals surface area contributed by atoms with Gasteiger partial charge in [0.25, 0.3) is 11.1 Å². The van der Waals surface area contributed by atoms with Gasteiger partial charge in [-0.3, -0.25) is 24.6 Å². The summed E-state index contributed by atoms with van der Waals surface area (Å²) < 4.78 is 4.88. The summed E-state index contributed by atoms with van der Waals surface area (Å²) in [7, 11) is 1.26. The molecule has 0 bridgehead atoms. The predicted molar refractivity (Wildman–Crippen MR) is 79.7 cm³/mol. The van der Waals surface area contributed by atoms with E-state index in [-0.39, 0.29) is 28.0 Å². The van der Waals surface area contributed by atoms with Crippen LogP contribution in [0, 0.1) is 10.1 Å². The topological polar surface area (TPSA) is 110 Å². The van der Waals surface area contributed by atoms with Crippen molar-refractivity contribution < 1.29 is 24.4 Å². The van der Waals surface area contributed by atoms with Crippen molar-refractivity contribution in [2.75, 3.05) is 13.7 Å². The molecule has 0 radical (unpaired) electrons. The zero-order chi connectivity index (χ0) is 16.4. The molecule has 8 nitrogen and oxygen atoms in total. The smallest absolute Gasteiger partial charge is 0.315 e. The maximum absolute atomic E-state index is 12.0. The average molecular weight is 324 g/mol. The Balaban J connectivity index is 2.48. The molecule has 2 amide bonds. The van der Waals surface area contributed by atoms with Gasteiger partial charge in [0.1, 0.15) is 0 Å². The van der Waals surface area contributed by atoms with E-state index in [2.05, 4.69) is 0 Å². The van der Waals surface area contributed by atoms with Crippen LogP contribution in [0.4, 0.5) is 10.5 Å². The maximum Gasteiger partial charge on any atom is 0.315 e. The number of hydrogen-bond acceptors (Lipinski definition) is 7. The van der Waals surface area contributed by atoms with E-state index in [1.807, 2.05) is 0 Å². The Morgan fingerprint density at radius 1 is 1.45 bits per heavy atom. The van der Waals surface area contributed by atoms with Gasteiger partial charge in [-0.25, -0.2) is 0 Å². The fraction of sp³-hybridized carbons (Fsp3) is 0.231. The molecule has 116 valence electrons. The summed E-state index contributed by atoms with van der Waals surface area (Å²) in [4.78, 5) is 35.0. The molecule has 0 atom stereocenters. The van der Waals surface area contributed by atoms with Crippen molar-refractivity contribution in [2.45, 2.75) is 6.92 Å². The molecule has 0 aliphatic carbocycles. The van der Waals surface area contributed by atoms with E-state index in [0.717, 1.165) is 22.7 Å². The van der Waals surface area contributed by atoms with Crippen LogP contribution in [-0.4, -0.2) is 39.7 Å². The molecule has 0 spiro atoms. The zero-order valence-electron chi connectivity index (χ0n) is 11.7. The monoisotopic (exact) mass is 324 g/mol. The number of amides is 2. The number of aromatic hydroxyl groups is 1. The largest absolute Gasteiger partial charge is 0.500 e. The van der Waals surface area contributed by atoms with Crippen LogP contribution in [0.25, 0.3) is 6.08 Å². The van der Waals surface area contributed by atoms with Crippen molar-refractivity contribution in [3.8, 4) is 11.5 Å². The third-order valence-electron chi connectivity index (χ3n) is 2.98. The van der Waals surface area contributed by atoms with Crippen molar-refractivity contribution in [3.05, 3.63) is 32.7 Å². The molecule has 2 rings (SSSR count). The van der Waals surface area contributed by atoms with Crippen LogP contribution in [-0.2, 0) is 4.79 Å². The van der Waals surface area contributed by atoms with Gasteiger partial charge in [0.15, 0.2) is 5.75 Å². The summed E-state index contributed by atoms with van der Waals surface area (Å²) in [6, 6.07) is 2.46. The van der Waals surface area contributed by atoms with Crippen molar-refractivity contribution >= 4 is 34.7 Å². The number of nitro benzene ring substituents is 1. The van der Waals surface area contributed by atoms with Gasteiger partial charge in [-0.2, -0.15) is 0 Å². The Labute approximate surface area is 129 Å². The fourth-order valence-corrected chi connectivity index (χ4v) is 2.82. The lowest BCUT2D eigenvalue weighted by Gasteiger charge is -2.07. The van der Waals surface area contributed by atoms with Crippen LogP contribution in [0.15, 0.2) is 17.0 Å². The van der Waals surface area contributed by atoms with Crippen LogP contribution in [0.5, 0.6) is 11.5 Å². The van der Waals surface area contributed by atoms with Gasteiger partial charge in [-0.15, -0.1) is 0 Å². The van der Waals surface area contributed by atoms with Gasteiger partial charge in [-0.1, -0.05) is 0 Å². The summed E-state index contributed by atoms with van der Waals surface area (Å²) in [6.07, 6.45) is 1.36. The second-order valence-electron chi connectivity index (χ2n) is 4.27. The quantitative estimate of drug-likeness (QED) is 0.514. The first-order chi connectivity index (χ1) is 10.4. The third kappa shape index (κ3) is 2.75. The van der Waals surface area contributed by atoms with Crippen molar-refractivity contribution in [1.82, 2.24) is 4.90 Å². The number of likely N-dealkylation sites (N-methyl/N-ethyl adjacent to an activating group) is 1. The number of ether oxygens (including phenoxy) is 1. The number of carbonyl (C=O) groups excluding carboxylic acids is 2. The molecule has 1 aromatic rings. The second-order valence-corrected chi connectivity index (χ2v) is 5.27. The molecule has 0 saturated carbocycles. The third-order valence-corrected chi connectivity index (χ3v) is 3.89. The molecular formula is C13H12N2O6S. The van der Waals surface area contributed by atoms with Gasteiger partial charge in [0.2, 0.25) is 5.75 Å². The minimum absolute atomic E-state index is 0.0878. The molecule has 9 heteroatoms. The molecule has 1 N–H and O–H groups in total. The van der Waals surface area contributed by atoms with E-state index in [1.165, 1.54) is 19.3 Å². The average Bonchev–Trinajstić information content (AvgIpc) is 2.74. The Bertz CT molecular complexity index is 700. The molecular weight excluding hydrogens is 312 g/mol. The molecule has 1 fully saturated rings. The molecule has 1 aromatic carbocycles. The zero-order valence-corrected chi connectivity index (χ0v) is 12.5. The lowest BCUT2D eigenvalue weighted by Crippen LogP contribution is -2.27. The van der Waals surface area contributed by atoms with Gasteiger partial charge in [0.05, 0.1) is 16.9 Å². The maximum atomic E-state index is 12.0. The number of carbonyl (C=O) groups is 2. The predicted octanol–water partition coefficient (Wildman–Crippen LogP) is 2.37. The number of nitro groups is 1. The van der Waals surface area contributed by atoms with Crippen molar-refractivity contribution in [2.24, 2.45) is 0 Å². The van der Waals surface area contributed by atoms with E-state index >= 15 is 0 Å². The van der Waals surface area contributed by atoms with E-state index in [9.17, 15) is 24.8 Å². The Kier molecular flexibility index (Phi) is 4.36. The first kappa shape index (κ1) is 15.8. The number of rotatable bonds is 4. The van der Waals surface area contributed by atoms with Gasteiger partial charge >= 0.3 is 5.69 Å². The summed E-state index contributed by atoms with van der Waals surface area (Å²) in [5.41, 5.74) is -0.261. The molecule has 1 saturated heterocycles. The highest BCUT2D eigenvalue weighted by Gasteiger charge is 2.34. The molecule has 0 unspecified atom stereocenters. The minimum Gasteiger partial charge on any atom is -0.500 e. The van der Waals surface area contributed by atoms with E-state index in [0.29, 0.717) is 0 Å². The van der Waals surface area contributed by atoms with Crippen molar-refractivity contribution in [3.63, 3.8) is 0 Å². The number of thioether (sulfide) groups is 1. The van der Waals surface area contributed by atoms with Gasteiger partial charge in [-0.05, 0) is 36.4 Å². The standard InChI is InChI=1S/C13H12N2O6S/c1-3-14-12(17)10(22-13(14)18)6-7-4-8(15(19)20)11(16)9(5-7)21-2/h4-6,16H,3H2,1-2H3/b10-6+. The normalized spacial score (nSPS) is 16.5. The molecule has 1 aliphatic heterocycles. The Morgan fingerprint density at radius 2 is 2.14 bits per heavy atom. The number of phenolic OH excluding ortho intramolecular Hbond substituents is 1. The van der Waals surface area contributed by atoms with E-state index in [1.54, 1.807) is 6.92 Å². The summed E-state index contributed by atoms with van der Waals surface area (Å²) in [5.74, 6) is -1.13.